The van der Waals surface area contributed by atoms with Crippen molar-refractivity contribution in [3.63, 3.8) is 0 Å². The van der Waals surface area contributed by atoms with Crippen LogP contribution in [0.4, 0.5) is 11.4 Å². The van der Waals surface area contributed by atoms with Crippen molar-refractivity contribution in [2.24, 2.45) is 0 Å². The Morgan fingerprint density at radius 1 is 1.40 bits per heavy atom. The van der Waals surface area contributed by atoms with Gasteiger partial charge >= 0.3 is 0 Å². The van der Waals surface area contributed by atoms with Crippen LogP contribution in [0.3, 0.4) is 0 Å². The van der Waals surface area contributed by atoms with E-state index in [0.29, 0.717) is 0 Å². The maximum Gasteiger partial charge on any atom is 0.271 e. The molecule has 0 bridgehead atoms. The molecule has 0 radical (unpaired) electrons. The average molecular weight is 209 g/mol. The van der Waals surface area contributed by atoms with Crippen molar-refractivity contribution in [2.45, 2.75) is 6.92 Å². The van der Waals surface area contributed by atoms with Crippen LogP contribution < -0.4 is 10.6 Å². The van der Waals surface area contributed by atoms with Crippen molar-refractivity contribution in [3.8, 4) is 0 Å². The Kier molecular flexibility index (Phi) is 4.56. The lowest BCUT2D eigenvalue weighted by molar-refractivity contribution is -0.384. The summed E-state index contributed by atoms with van der Waals surface area (Å²) in [5, 5.41) is 16.8. The van der Waals surface area contributed by atoms with Crippen LogP contribution in [0.1, 0.15) is 6.92 Å². The number of nitrogens with zero attached hydrogens (tertiary/aromatic N) is 1. The van der Waals surface area contributed by atoms with Gasteiger partial charge in [-0.3, -0.25) is 10.1 Å². The first-order valence-corrected chi connectivity index (χ1v) is 4.93. The molecule has 5 heteroatoms. The molecule has 1 aromatic carbocycles. The van der Waals surface area contributed by atoms with Gasteiger partial charge in [-0.2, -0.15) is 0 Å². The van der Waals surface area contributed by atoms with Crippen LogP contribution in [-0.2, 0) is 0 Å². The second kappa shape index (κ2) is 5.98. The second-order valence-corrected chi connectivity index (χ2v) is 3.09. The predicted molar refractivity (Wildman–Crippen MR) is 60.1 cm³/mol. The molecule has 0 unspecified atom stereocenters. The Hall–Kier alpha value is -1.62. The SMILES string of the molecule is CCNCCNc1cccc([N+](=O)[O-])c1. The molecule has 0 fully saturated rings. The minimum Gasteiger partial charge on any atom is -0.384 e. The Labute approximate surface area is 88.6 Å². The highest BCUT2D eigenvalue weighted by atomic mass is 16.6. The lowest BCUT2D eigenvalue weighted by Crippen LogP contribution is -2.21. The molecule has 0 saturated carbocycles. The van der Waals surface area contributed by atoms with Gasteiger partial charge in [-0.05, 0) is 12.6 Å². The van der Waals surface area contributed by atoms with Gasteiger partial charge in [0.1, 0.15) is 0 Å². The number of nitrogens with one attached hydrogen (secondary N) is 2. The minimum absolute atomic E-state index is 0.114. The Morgan fingerprint density at radius 2 is 2.20 bits per heavy atom. The number of benzene rings is 1. The highest BCUT2D eigenvalue weighted by Crippen LogP contribution is 2.16. The average Bonchev–Trinajstić information content (AvgIpc) is 2.25. The fourth-order valence-electron chi connectivity index (χ4n) is 1.20. The van der Waals surface area contributed by atoms with Gasteiger partial charge < -0.3 is 10.6 Å². The standard InChI is InChI=1S/C10H15N3O2/c1-2-11-6-7-12-9-4-3-5-10(8-9)13(14)15/h3-5,8,11-12H,2,6-7H2,1H3. The Morgan fingerprint density at radius 3 is 2.87 bits per heavy atom. The van der Waals surface area contributed by atoms with Gasteiger partial charge in [0, 0.05) is 30.9 Å². The zero-order valence-corrected chi connectivity index (χ0v) is 8.69. The fourth-order valence-corrected chi connectivity index (χ4v) is 1.20. The molecule has 0 heterocycles. The Balaban J connectivity index is 2.47. The maximum atomic E-state index is 10.5. The Bertz CT molecular complexity index is 328. The fraction of sp³-hybridized carbons (Fsp3) is 0.400. The third kappa shape index (κ3) is 3.95. The molecule has 82 valence electrons. The van der Waals surface area contributed by atoms with E-state index in [2.05, 4.69) is 10.6 Å². The number of likely N-dealkylation sites (N-methyl/N-ethyl adjacent to an activating group) is 1. The van der Waals surface area contributed by atoms with E-state index in [1.54, 1.807) is 6.07 Å². The quantitative estimate of drug-likeness (QED) is 0.424. The molecular weight excluding hydrogens is 194 g/mol. The summed E-state index contributed by atoms with van der Waals surface area (Å²) in [6.45, 7) is 4.57. The molecule has 1 aromatic rings. The summed E-state index contributed by atoms with van der Waals surface area (Å²) in [6.07, 6.45) is 0. The van der Waals surface area contributed by atoms with Crippen molar-refractivity contribution in [3.05, 3.63) is 34.4 Å². The van der Waals surface area contributed by atoms with Gasteiger partial charge in [0.05, 0.1) is 4.92 Å². The monoisotopic (exact) mass is 209 g/mol. The van der Waals surface area contributed by atoms with Crippen LogP contribution in [-0.4, -0.2) is 24.6 Å². The van der Waals surface area contributed by atoms with Gasteiger partial charge in [-0.15, -0.1) is 0 Å². The molecule has 5 nitrogen and oxygen atoms in total. The number of hydrogen-bond acceptors (Lipinski definition) is 4. The summed E-state index contributed by atoms with van der Waals surface area (Å²) in [5.74, 6) is 0. The van der Waals surface area contributed by atoms with Gasteiger partial charge in [0.2, 0.25) is 0 Å². The van der Waals surface area contributed by atoms with Crippen LogP contribution in [0.25, 0.3) is 0 Å². The van der Waals surface area contributed by atoms with E-state index in [4.69, 9.17) is 0 Å². The first-order chi connectivity index (χ1) is 7.24. The summed E-state index contributed by atoms with van der Waals surface area (Å²) in [4.78, 5) is 10.1. The number of nitro benzene ring substituents is 1. The summed E-state index contributed by atoms with van der Waals surface area (Å²) in [6, 6.07) is 6.51. The van der Waals surface area contributed by atoms with Crippen LogP contribution in [0.5, 0.6) is 0 Å². The van der Waals surface area contributed by atoms with Gasteiger partial charge in [0.15, 0.2) is 0 Å². The van der Waals surface area contributed by atoms with E-state index in [1.807, 2.05) is 13.0 Å². The third-order valence-electron chi connectivity index (χ3n) is 1.94. The van der Waals surface area contributed by atoms with Crippen LogP contribution in [0.15, 0.2) is 24.3 Å². The largest absolute Gasteiger partial charge is 0.384 e. The van der Waals surface area contributed by atoms with E-state index in [-0.39, 0.29) is 5.69 Å². The highest BCUT2D eigenvalue weighted by molar-refractivity contribution is 5.50. The van der Waals surface area contributed by atoms with Crippen molar-refractivity contribution < 1.29 is 4.92 Å². The van der Waals surface area contributed by atoms with E-state index >= 15 is 0 Å². The molecule has 0 saturated heterocycles. The van der Waals surface area contributed by atoms with Crippen LogP contribution >= 0.6 is 0 Å². The molecule has 0 aromatic heterocycles. The smallest absolute Gasteiger partial charge is 0.271 e. The summed E-state index contributed by atoms with van der Waals surface area (Å²) >= 11 is 0. The zero-order chi connectivity index (χ0) is 11.1. The van der Waals surface area contributed by atoms with Gasteiger partial charge in [-0.25, -0.2) is 0 Å². The lowest BCUT2D eigenvalue weighted by atomic mass is 10.3. The van der Waals surface area contributed by atoms with E-state index in [9.17, 15) is 10.1 Å². The lowest BCUT2D eigenvalue weighted by Gasteiger charge is -2.05. The second-order valence-electron chi connectivity index (χ2n) is 3.09. The van der Waals surface area contributed by atoms with Crippen molar-refractivity contribution in [1.82, 2.24) is 5.32 Å². The highest BCUT2D eigenvalue weighted by Gasteiger charge is 2.04. The van der Waals surface area contributed by atoms with Crippen molar-refractivity contribution >= 4 is 11.4 Å². The topological polar surface area (TPSA) is 67.2 Å². The van der Waals surface area contributed by atoms with Crippen LogP contribution in [0.2, 0.25) is 0 Å². The molecule has 15 heavy (non-hydrogen) atoms. The first-order valence-electron chi connectivity index (χ1n) is 4.93. The molecule has 0 spiro atoms. The first kappa shape index (κ1) is 11.5. The normalized spacial score (nSPS) is 9.93. The van der Waals surface area contributed by atoms with E-state index in [1.165, 1.54) is 12.1 Å². The molecule has 0 atom stereocenters. The number of nitro groups is 1. The minimum atomic E-state index is -0.393. The summed E-state index contributed by atoms with van der Waals surface area (Å²) in [7, 11) is 0. The molecule has 0 aliphatic carbocycles. The molecule has 2 N–H and O–H groups in total. The molecule has 0 aliphatic heterocycles. The van der Waals surface area contributed by atoms with E-state index < -0.39 is 4.92 Å². The van der Waals surface area contributed by atoms with Crippen LogP contribution in [0, 0.1) is 10.1 Å². The van der Waals surface area contributed by atoms with Gasteiger partial charge in [0.25, 0.3) is 5.69 Å². The summed E-state index contributed by atoms with van der Waals surface area (Å²) < 4.78 is 0. The molecule has 0 aliphatic rings. The third-order valence-corrected chi connectivity index (χ3v) is 1.94. The number of rotatable bonds is 6. The molecule has 1 rings (SSSR count). The van der Waals surface area contributed by atoms with Crippen molar-refractivity contribution in [1.29, 1.82) is 0 Å². The zero-order valence-electron chi connectivity index (χ0n) is 8.69. The van der Waals surface area contributed by atoms with Gasteiger partial charge in [-0.1, -0.05) is 13.0 Å². The molecule has 0 amide bonds. The molecular formula is C10H15N3O2. The van der Waals surface area contributed by atoms with E-state index in [0.717, 1.165) is 25.3 Å². The number of hydrogen-bond donors (Lipinski definition) is 2. The predicted octanol–water partition coefficient (Wildman–Crippen LogP) is 1.62. The summed E-state index contributed by atoms with van der Waals surface area (Å²) in [5.41, 5.74) is 0.894. The van der Waals surface area contributed by atoms with Crippen molar-refractivity contribution in [2.75, 3.05) is 25.0 Å². The maximum absolute atomic E-state index is 10.5. The number of non-ortho nitro benzene ring substituents is 1. The number of anilines is 1.